The number of aliphatic hydroxyl groups excluding tert-OH is 1. The molecule has 1 aliphatic rings. The minimum atomic E-state index is -0.389. The van der Waals surface area contributed by atoms with E-state index < -0.39 is 0 Å². The molecule has 21 heavy (non-hydrogen) atoms. The van der Waals surface area contributed by atoms with Gasteiger partial charge < -0.3 is 20.4 Å². The second-order valence-electron chi connectivity index (χ2n) is 6.02. The topological polar surface area (TPSA) is 55.7 Å². The molecule has 0 radical (unpaired) electrons. The van der Waals surface area contributed by atoms with Gasteiger partial charge in [-0.15, -0.1) is 0 Å². The van der Waals surface area contributed by atoms with Crippen LogP contribution in [0.3, 0.4) is 0 Å². The fourth-order valence-electron chi connectivity index (χ4n) is 2.68. The van der Waals surface area contributed by atoms with E-state index in [1.165, 1.54) is 12.8 Å². The summed E-state index contributed by atoms with van der Waals surface area (Å²) in [6.45, 7) is 6.16. The van der Waals surface area contributed by atoms with Crippen LogP contribution in [0.1, 0.15) is 25.3 Å². The molecule has 1 saturated heterocycles. The Balaban J connectivity index is 1.69. The van der Waals surface area contributed by atoms with Gasteiger partial charge >= 0.3 is 0 Å². The van der Waals surface area contributed by atoms with Gasteiger partial charge in [-0.1, -0.05) is 30.7 Å². The Kier molecular flexibility index (Phi) is 6.30. The Hall–Kier alpha value is -0.810. The van der Waals surface area contributed by atoms with Crippen molar-refractivity contribution in [3.8, 4) is 5.75 Å². The van der Waals surface area contributed by atoms with Gasteiger partial charge in [0.1, 0.15) is 5.75 Å². The van der Waals surface area contributed by atoms with Crippen LogP contribution in [-0.4, -0.2) is 47.4 Å². The SMILES string of the molecule is CC1CCN(CC(O)CNCc2cccc(Cl)c2O)CC1. The van der Waals surface area contributed by atoms with E-state index >= 15 is 0 Å². The standard InChI is InChI=1S/C16H25ClN2O2/c1-12-5-7-19(8-6-12)11-14(20)10-18-9-13-3-2-4-15(17)16(13)21/h2-4,12,14,18,20-21H,5-11H2,1H3. The smallest absolute Gasteiger partial charge is 0.138 e. The van der Waals surface area contributed by atoms with Crippen molar-refractivity contribution in [3.63, 3.8) is 0 Å². The largest absolute Gasteiger partial charge is 0.506 e. The third kappa shape index (κ3) is 5.15. The number of aliphatic hydroxyl groups is 1. The lowest BCUT2D eigenvalue weighted by Crippen LogP contribution is -2.41. The third-order valence-electron chi connectivity index (χ3n) is 4.11. The maximum atomic E-state index is 10.1. The van der Waals surface area contributed by atoms with E-state index in [2.05, 4.69) is 17.1 Å². The highest BCUT2D eigenvalue weighted by molar-refractivity contribution is 6.32. The Morgan fingerprint density at radius 2 is 2.10 bits per heavy atom. The lowest BCUT2D eigenvalue weighted by atomic mass is 9.99. The number of halogens is 1. The second kappa shape index (κ2) is 7.99. The summed E-state index contributed by atoms with van der Waals surface area (Å²) >= 11 is 5.86. The number of aromatic hydroxyl groups is 1. The Bertz CT molecular complexity index is 448. The number of hydrogen-bond acceptors (Lipinski definition) is 4. The average molecular weight is 313 g/mol. The molecule has 0 amide bonds. The number of likely N-dealkylation sites (tertiary alicyclic amines) is 1. The Morgan fingerprint density at radius 1 is 1.38 bits per heavy atom. The summed E-state index contributed by atoms with van der Waals surface area (Å²) in [5, 5.41) is 23.4. The van der Waals surface area contributed by atoms with Crippen LogP contribution in [0.15, 0.2) is 18.2 Å². The van der Waals surface area contributed by atoms with Crippen molar-refractivity contribution in [1.29, 1.82) is 0 Å². The lowest BCUT2D eigenvalue weighted by molar-refractivity contribution is 0.0906. The first-order chi connectivity index (χ1) is 10.1. The molecule has 0 aliphatic carbocycles. The fourth-order valence-corrected chi connectivity index (χ4v) is 2.88. The van der Waals surface area contributed by atoms with Gasteiger partial charge in [-0.05, 0) is 37.9 Å². The normalized spacial score (nSPS) is 18.8. The molecule has 1 unspecified atom stereocenters. The van der Waals surface area contributed by atoms with Crippen molar-refractivity contribution in [2.45, 2.75) is 32.4 Å². The molecule has 1 aromatic carbocycles. The van der Waals surface area contributed by atoms with Crippen LogP contribution < -0.4 is 5.32 Å². The highest BCUT2D eigenvalue weighted by Crippen LogP contribution is 2.26. The summed E-state index contributed by atoms with van der Waals surface area (Å²) in [5.74, 6) is 0.925. The van der Waals surface area contributed by atoms with Crippen LogP contribution >= 0.6 is 11.6 Å². The van der Waals surface area contributed by atoms with E-state index in [0.717, 1.165) is 24.6 Å². The Morgan fingerprint density at radius 3 is 2.81 bits per heavy atom. The van der Waals surface area contributed by atoms with Crippen molar-refractivity contribution < 1.29 is 10.2 Å². The summed E-state index contributed by atoms with van der Waals surface area (Å²) in [4.78, 5) is 2.32. The van der Waals surface area contributed by atoms with Crippen molar-refractivity contribution >= 4 is 11.6 Å². The molecular weight excluding hydrogens is 288 g/mol. The van der Waals surface area contributed by atoms with Gasteiger partial charge in [-0.3, -0.25) is 0 Å². The van der Waals surface area contributed by atoms with Gasteiger partial charge in [0.2, 0.25) is 0 Å². The second-order valence-corrected chi connectivity index (χ2v) is 6.42. The summed E-state index contributed by atoms with van der Waals surface area (Å²) in [5.41, 5.74) is 0.751. The minimum absolute atomic E-state index is 0.117. The number of rotatable bonds is 6. The minimum Gasteiger partial charge on any atom is -0.506 e. The zero-order valence-corrected chi connectivity index (χ0v) is 13.3. The highest BCUT2D eigenvalue weighted by Gasteiger charge is 2.18. The number of hydrogen-bond donors (Lipinski definition) is 3. The van der Waals surface area contributed by atoms with Crippen LogP contribution in [0.5, 0.6) is 5.75 Å². The molecule has 1 aliphatic heterocycles. The molecule has 5 heteroatoms. The van der Waals surface area contributed by atoms with Gasteiger partial charge in [0.05, 0.1) is 11.1 Å². The number of phenols is 1. The molecular formula is C16H25ClN2O2. The molecule has 1 fully saturated rings. The molecule has 4 nitrogen and oxygen atoms in total. The number of benzene rings is 1. The zero-order chi connectivity index (χ0) is 15.2. The molecule has 0 spiro atoms. The quantitative estimate of drug-likeness (QED) is 0.754. The summed E-state index contributed by atoms with van der Waals surface area (Å²) in [7, 11) is 0. The summed E-state index contributed by atoms with van der Waals surface area (Å²) < 4.78 is 0. The van der Waals surface area contributed by atoms with E-state index in [9.17, 15) is 10.2 Å². The van der Waals surface area contributed by atoms with Gasteiger partial charge in [0.25, 0.3) is 0 Å². The molecule has 1 heterocycles. The highest BCUT2D eigenvalue weighted by atomic mass is 35.5. The molecule has 0 saturated carbocycles. The van der Waals surface area contributed by atoms with Crippen LogP contribution in [-0.2, 0) is 6.54 Å². The predicted octanol–water partition coefficient (Wildman–Crippen LogP) is 2.23. The first-order valence-corrected chi connectivity index (χ1v) is 8.01. The Labute approximate surface area is 131 Å². The molecule has 0 aromatic heterocycles. The predicted molar refractivity (Wildman–Crippen MR) is 85.7 cm³/mol. The van der Waals surface area contributed by atoms with Gasteiger partial charge in [-0.25, -0.2) is 0 Å². The number of phenolic OH excluding ortho intramolecular Hbond substituents is 1. The van der Waals surface area contributed by atoms with Crippen LogP contribution in [0.25, 0.3) is 0 Å². The average Bonchev–Trinajstić information content (AvgIpc) is 2.46. The molecule has 118 valence electrons. The van der Waals surface area contributed by atoms with Crippen molar-refractivity contribution in [1.82, 2.24) is 10.2 Å². The number of nitrogens with one attached hydrogen (secondary N) is 1. The van der Waals surface area contributed by atoms with Crippen molar-refractivity contribution in [2.75, 3.05) is 26.2 Å². The van der Waals surface area contributed by atoms with Gasteiger partial charge in [0.15, 0.2) is 0 Å². The van der Waals surface area contributed by atoms with Gasteiger partial charge in [-0.2, -0.15) is 0 Å². The molecule has 1 atom stereocenters. The van der Waals surface area contributed by atoms with Crippen molar-refractivity contribution in [2.24, 2.45) is 5.92 Å². The first-order valence-electron chi connectivity index (χ1n) is 7.63. The molecule has 0 bridgehead atoms. The third-order valence-corrected chi connectivity index (χ3v) is 4.42. The van der Waals surface area contributed by atoms with E-state index in [4.69, 9.17) is 11.6 Å². The lowest BCUT2D eigenvalue weighted by Gasteiger charge is -2.31. The first kappa shape index (κ1) is 16.6. The fraction of sp³-hybridized carbons (Fsp3) is 0.625. The van der Waals surface area contributed by atoms with E-state index in [0.29, 0.717) is 24.7 Å². The van der Waals surface area contributed by atoms with Gasteiger partial charge in [0, 0.05) is 25.2 Å². The maximum absolute atomic E-state index is 10.1. The number of β-amino-alcohol motifs (C(OH)–C–C–N with tert-alkyl or cyclic N) is 1. The van der Waals surface area contributed by atoms with E-state index in [-0.39, 0.29) is 11.9 Å². The molecule has 2 rings (SSSR count). The number of nitrogens with zero attached hydrogens (tertiary/aromatic N) is 1. The van der Waals surface area contributed by atoms with E-state index in [1.807, 2.05) is 12.1 Å². The van der Waals surface area contributed by atoms with Crippen LogP contribution in [0.2, 0.25) is 5.02 Å². The van der Waals surface area contributed by atoms with Crippen LogP contribution in [0.4, 0.5) is 0 Å². The zero-order valence-electron chi connectivity index (χ0n) is 12.6. The van der Waals surface area contributed by atoms with E-state index in [1.54, 1.807) is 6.07 Å². The number of para-hydroxylation sites is 1. The maximum Gasteiger partial charge on any atom is 0.138 e. The summed E-state index contributed by atoms with van der Waals surface area (Å²) in [6.07, 6.45) is 2.05. The number of piperidine rings is 1. The summed E-state index contributed by atoms with van der Waals surface area (Å²) in [6, 6.07) is 5.30. The van der Waals surface area contributed by atoms with Crippen LogP contribution in [0, 0.1) is 5.92 Å². The molecule has 3 N–H and O–H groups in total. The van der Waals surface area contributed by atoms with Crippen molar-refractivity contribution in [3.05, 3.63) is 28.8 Å². The molecule has 1 aromatic rings. The monoisotopic (exact) mass is 312 g/mol.